The molecule has 1 unspecified atom stereocenters. The second-order valence-corrected chi connectivity index (χ2v) is 5.65. The molecule has 1 aromatic rings. The maximum Gasteiger partial charge on any atom is 0.251 e. The molecule has 1 aromatic carbocycles. The first-order valence-corrected chi connectivity index (χ1v) is 7.34. The third-order valence-corrected chi connectivity index (χ3v) is 4.43. The van der Waals surface area contributed by atoms with Gasteiger partial charge in [0.15, 0.2) is 0 Å². The van der Waals surface area contributed by atoms with Gasteiger partial charge in [0, 0.05) is 13.1 Å². The third kappa shape index (κ3) is 2.47. The van der Waals surface area contributed by atoms with E-state index in [4.69, 9.17) is 4.74 Å². The Kier molecular flexibility index (Phi) is 3.78. The molecule has 2 amide bonds. The molecule has 0 N–H and O–H groups in total. The van der Waals surface area contributed by atoms with E-state index < -0.39 is 0 Å². The molecule has 5 nitrogen and oxygen atoms in total. The molecular formula is C16H20N2O3. The van der Waals surface area contributed by atoms with E-state index in [9.17, 15) is 9.59 Å². The lowest BCUT2D eigenvalue weighted by molar-refractivity contribution is -0.123. The van der Waals surface area contributed by atoms with Gasteiger partial charge in [0.25, 0.3) is 5.91 Å². The van der Waals surface area contributed by atoms with Crippen molar-refractivity contribution in [2.45, 2.75) is 26.3 Å². The van der Waals surface area contributed by atoms with Gasteiger partial charge in [0.2, 0.25) is 5.91 Å². The Labute approximate surface area is 124 Å². The zero-order valence-electron chi connectivity index (χ0n) is 12.5. The van der Waals surface area contributed by atoms with E-state index in [1.54, 1.807) is 0 Å². The number of hydrogen-bond donors (Lipinski definition) is 0. The number of nitrogens with zero attached hydrogens (tertiary/aromatic N) is 2. The molecule has 0 bridgehead atoms. The first-order chi connectivity index (χ1) is 10.1. The lowest BCUT2D eigenvalue weighted by Crippen LogP contribution is -2.47. The van der Waals surface area contributed by atoms with Crippen molar-refractivity contribution in [2.75, 3.05) is 31.2 Å². The molecule has 5 heteroatoms. The van der Waals surface area contributed by atoms with Crippen molar-refractivity contribution >= 4 is 17.5 Å². The fraction of sp³-hybridized carbons (Fsp3) is 0.500. The largest absolute Gasteiger partial charge is 0.379 e. The zero-order valence-corrected chi connectivity index (χ0v) is 12.5. The van der Waals surface area contributed by atoms with Crippen molar-refractivity contribution in [3.05, 3.63) is 29.3 Å². The highest BCUT2D eigenvalue weighted by Gasteiger charge is 2.43. The highest BCUT2D eigenvalue weighted by atomic mass is 16.5. The minimum atomic E-state index is -0.332. The Balaban J connectivity index is 1.88. The summed E-state index contributed by atoms with van der Waals surface area (Å²) in [6.07, 6.45) is 0.270. The van der Waals surface area contributed by atoms with Gasteiger partial charge in [-0.15, -0.1) is 0 Å². The van der Waals surface area contributed by atoms with Crippen LogP contribution in [0.25, 0.3) is 0 Å². The summed E-state index contributed by atoms with van der Waals surface area (Å²) in [5.41, 5.74) is 2.80. The number of carbonyl (C=O) groups excluding carboxylic acids is 2. The van der Waals surface area contributed by atoms with Crippen LogP contribution in [0.1, 0.15) is 17.5 Å². The van der Waals surface area contributed by atoms with Crippen LogP contribution in [-0.2, 0) is 14.3 Å². The molecule has 2 saturated heterocycles. The summed E-state index contributed by atoms with van der Waals surface area (Å²) in [7, 11) is 0. The summed E-state index contributed by atoms with van der Waals surface area (Å²) in [5, 5.41) is 0. The molecule has 2 aliphatic heterocycles. The lowest BCUT2D eigenvalue weighted by Gasteiger charge is -2.30. The Morgan fingerprint density at radius 3 is 2.57 bits per heavy atom. The highest BCUT2D eigenvalue weighted by Crippen LogP contribution is 2.29. The average Bonchev–Trinajstić information content (AvgIpc) is 2.78. The van der Waals surface area contributed by atoms with E-state index in [0.29, 0.717) is 26.3 Å². The first kappa shape index (κ1) is 14.2. The average molecular weight is 288 g/mol. The molecule has 2 fully saturated rings. The summed E-state index contributed by atoms with van der Waals surface area (Å²) < 4.78 is 5.32. The molecule has 2 heterocycles. The van der Waals surface area contributed by atoms with E-state index in [1.807, 2.05) is 32.0 Å². The first-order valence-electron chi connectivity index (χ1n) is 7.34. The Morgan fingerprint density at radius 2 is 1.86 bits per heavy atom. The maximum absolute atomic E-state index is 12.7. The minimum Gasteiger partial charge on any atom is -0.379 e. The van der Waals surface area contributed by atoms with Crippen molar-refractivity contribution in [2.24, 2.45) is 0 Å². The van der Waals surface area contributed by atoms with Crippen LogP contribution in [0, 0.1) is 13.8 Å². The monoisotopic (exact) mass is 288 g/mol. The Hall–Kier alpha value is -1.72. The zero-order chi connectivity index (χ0) is 15.0. The second kappa shape index (κ2) is 5.58. The molecule has 3 rings (SSSR count). The maximum atomic E-state index is 12.7. The fourth-order valence-corrected chi connectivity index (χ4v) is 3.02. The number of rotatable bonds is 2. The Morgan fingerprint density at radius 1 is 1.14 bits per heavy atom. The molecule has 112 valence electrons. The van der Waals surface area contributed by atoms with Crippen molar-refractivity contribution in [3.8, 4) is 0 Å². The van der Waals surface area contributed by atoms with Crippen LogP contribution >= 0.6 is 0 Å². The summed E-state index contributed by atoms with van der Waals surface area (Å²) in [6.45, 7) is 6.62. The lowest BCUT2D eigenvalue weighted by atomic mass is 10.1. The number of morpholine rings is 1. The highest BCUT2D eigenvalue weighted by molar-refractivity contribution is 6.22. The molecule has 0 radical (unpaired) electrons. The summed E-state index contributed by atoms with van der Waals surface area (Å²) >= 11 is 0. The second-order valence-electron chi connectivity index (χ2n) is 5.65. The van der Waals surface area contributed by atoms with E-state index >= 15 is 0 Å². The van der Waals surface area contributed by atoms with Gasteiger partial charge in [0.1, 0.15) is 0 Å². The van der Waals surface area contributed by atoms with E-state index in [1.165, 1.54) is 4.90 Å². The van der Waals surface area contributed by atoms with Crippen molar-refractivity contribution < 1.29 is 14.3 Å². The van der Waals surface area contributed by atoms with Crippen LogP contribution in [0.15, 0.2) is 18.2 Å². The van der Waals surface area contributed by atoms with E-state index in [0.717, 1.165) is 16.8 Å². The smallest absolute Gasteiger partial charge is 0.251 e. The van der Waals surface area contributed by atoms with Gasteiger partial charge in [-0.1, -0.05) is 12.1 Å². The SMILES string of the molecule is Cc1cccc(N2C(=O)CC(N3CCOCC3)C2=O)c1C. The molecule has 1 atom stereocenters. The molecule has 0 saturated carbocycles. The van der Waals surface area contributed by atoms with Crippen LogP contribution in [0.2, 0.25) is 0 Å². The van der Waals surface area contributed by atoms with Crippen molar-refractivity contribution in [1.82, 2.24) is 4.90 Å². The summed E-state index contributed by atoms with van der Waals surface area (Å²) in [5.74, 6) is -0.208. The minimum absolute atomic E-state index is 0.101. The molecule has 21 heavy (non-hydrogen) atoms. The fourth-order valence-electron chi connectivity index (χ4n) is 3.02. The number of aryl methyl sites for hydroxylation is 1. The van der Waals surface area contributed by atoms with Crippen molar-refractivity contribution in [1.29, 1.82) is 0 Å². The topological polar surface area (TPSA) is 49.9 Å². The van der Waals surface area contributed by atoms with Gasteiger partial charge in [-0.2, -0.15) is 0 Å². The van der Waals surface area contributed by atoms with Gasteiger partial charge in [-0.25, -0.2) is 4.90 Å². The van der Waals surface area contributed by atoms with E-state index in [-0.39, 0.29) is 24.3 Å². The van der Waals surface area contributed by atoms with Crippen LogP contribution in [0.5, 0.6) is 0 Å². The van der Waals surface area contributed by atoms with Crippen LogP contribution in [0.3, 0.4) is 0 Å². The van der Waals surface area contributed by atoms with Crippen LogP contribution in [0.4, 0.5) is 5.69 Å². The Bertz CT molecular complexity index is 579. The van der Waals surface area contributed by atoms with Gasteiger partial charge in [-0.05, 0) is 31.0 Å². The number of anilines is 1. The molecule has 0 spiro atoms. The van der Waals surface area contributed by atoms with Crippen molar-refractivity contribution in [3.63, 3.8) is 0 Å². The summed E-state index contributed by atoms with van der Waals surface area (Å²) in [4.78, 5) is 28.5. The number of hydrogen-bond acceptors (Lipinski definition) is 4. The molecule has 0 aliphatic carbocycles. The number of carbonyl (C=O) groups is 2. The normalized spacial score (nSPS) is 23.9. The summed E-state index contributed by atoms with van der Waals surface area (Å²) in [6, 6.07) is 5.39. The van der Waals surface area contributed by atoms with Gasteiger partial charge >= 0.3 is 0 Å². The third-order valence-electron chi connectivity index (χ3n) is 4.43. The number of ether oxygens (including phenoxy) is 1. The molecular weight excluding hydrogens is 268 g/mol. The number of amides is 2. The van der Waals surface area contributed by atoms with Crippen LogP contribution < -0.4 is 4.90 Å². The number of benzene rings is 1. The van der Waals surface area contributed by atoms with Gasteiger partial charge in [-0.3, -0.25) is 14.5 Å². The van der Waals surface area contributed by atoms with Gasteiger partial charge < -0.3 is 4.74 Å². The van der Waals surface area contributed by atoms with Crippen LogP contribution in [-0.4, -0.2) is 49.1 Å². The molecule has 0 aromatic heterocycles. The van der Waals surface area contributed by atoms with E-state index in [2.05, 4.69) is 4.90 Å². The standard InChI is InChI=1S/C16H20N2O3/c1-11-4-3-5-13(12(11)2)18-15(19)10-14(16(18)20)17-6-8-21-9-7-17/h3-5,14H,6-10H2,1-2H3. The quantitative estimate of drug-likeness (QED) is 0.769. The predicted molar refractivity (Wildman–Crippen MR) is 79.2 cm³/mol. The molecule has 2 aliphatic rings. The predicted octanol–water partition coefficient (Wildman–Crippen LogP) is 1.27. The van der Waals surface area contributed by atoms with Gasteiger partial charge in [0.05, 0.1) is 31.4 Å². The number of imide groups is 1.